The van der Waals surface area contributed by atoms with Gasteiger partial charge in [-0.05, 0) is 25.9 Å². The second-order valence-electron chi connectivity index (χ2n) is 4.06. The molecule has 0 aromatic carbocycles. The van der Waals surface area contributed by atoms with Crippen molar-refractivity contribution in [2.75, 3.05) is 37.7 Å². The van der Waals surface area contributed by atoms with Crippen molar-refractivity contribution in [3.63, 3.8) is 0 Å². The lowest BCUT2D eigenvalue weighted by Gasteiger charge is -2.26. The highest BCUT2D eigenvalue weighted by Gasteiger charge is 2.09. The summed E-state index contributed by atoms with van der Waals surface area (Å²) in [7, 11) is 0. The second kappa shape index (κ2) is 10.9. The number of piperidine rings is 1. The van der Waals surface area contributed by atoms with Gasteiger partial charge >= 0.3 is 0 Å². The zero-order valence-corrected chi connectivity index (χ0v) is 12.0. The van der Waals surface area contributed by atoms with Gasteiger partial charge in [0.2, 0.25) is 5.91 Å². The van der Waals surface area contributed by atoms with Crippen molar-refractivity contribution in [3.05, 3.63) is 12.7 Å². The first-order valence-corrected chi connectivity index (χ1v) is 7.16. The molecule has 5 heteroatoms. The molecule has 0 atom stereocenters. The minimum Gasteiger partial charge on any atom is -0.354 e. The topological polar surface area (TPSA) is 32.3 Å². The Kier molecular flexibility index (Phi) is 10.8. The van der Waals surface area contributed by atoms with Crippen molar-refractivity contribution in [2.45, 2.75) is 19.3 Å². The Morgan fingerprint density at radius 2 is 2.06 bits per heavy atom. The molecule has 0 unspecified atom stereocenters. The molecule has 0 aliphatic carbocycles. The Morgan fingerprint density at radius 1 is 1.35 bits per heavy atom. The van der Waals surface area contributed by atoms with Gasteiger partial charge in [0.1, 0.15) is 0 Å². The fourth-order valence-electron chi connectivity index (χ4n) is 1.82. The van der Waals surface area contributed by atoms with Crippen molar-refractivity contribution in [1.29, 1.82) is 0 Å². The molecule has 1 aliphatic heterocycles. The van der Waals surface area contributed by atoms with Gasteiger partial charge < -0.3 is 10.2 Å². The Balaban J connectivity index is 0.00000256. The molecule has 0 bridgehead atoms. The molecule has 1 aliphatic rings. The molecule has 1 saturated heterocycles. The van der Waals surface area contributed by atoms with Crippen molar-refractivity contribution in [3.8, 4) is 0 Å². The predicted octanol–water partition coefficient (Wildman–Crippen LogP) is 1.93. The molecule has 3 nitrogen and oxygen atoms in total. The fraction of sp³-hybridized carbons (Fsp3) is 0.750. The zero-order chi connectivity index (χ0) is 11.6. The van der Waals surface area contributed by atoms with Crippen LogP contribution in [0.1, 0.15) is 19.3 Å². The van der Waals surface area contributed by atoms with Gasteiger partial charge in [0.05, 0.1) is 5.75 Å². The van der Waals surface area contributed by atoms with Crippen LogP contribution in [0.3, 0.4) is 0 Å². The molecular weight excluding hydrogens is 256 g/mol. The first-order valence-electron chi connectivity index (χ1n) is 6.00. The maximum atomic E-state index is 11.4. The first-order chi connectivity index (χ1) is 7.83. The highest BCUT2D eigenvalue weighted by atomic mass is 35.5. The lowest BCUT2D eigenvalue weighted by atomic mass is 10.1. The number of halogens is 1. The Labute approximate surface area is 115 Å². The van der Waals surface area contributed by atoms with Crippen LogP contribution in [0.4, 0.5) is 0 Å². The third kappa shape index (κ3) is 8.52. The molecule has 0 radical (unpaired) electrons. The predicted molar refractivity (Wildman–Crippen MR) is 78.1 cm³/mol. The number of carbonyl (C=O) groups is 1. The summed E-state index contributed by atoms with van der Waals surface area (Å²) in [6.45, 7) is 7.80. The Bertz CT molecular complexity index is 221. The number of hydrogen-bond acceptors (Lipinski definition) is 3. The van der Waals surface area contributed by atoms with Crippen molar-refractivity contribution < 1.29 is 4.79 Å². The van der Waals surface area contributed by atoms with E-state index in [1.54, 1.807) is 11.8 Å². The summed E-state index contributed by atoms with van der Waals surface area (Å²) < 4.78 is 0. The number of rotatable bonds is 7. The van der Waals surface area contributed by atoms with Crippen LogP contribution in [0.2, 0.25) is 0 Å². The second-order valence-corrected chi connectivity index (χ2v) is 5.09. The van der Waals surface area contributed by atoms with Gasteiger partial charge in [-0.3, -0.25) is 4.79 Å². The van der Waals surface area contributed by atoms with E-state index < -0.39 is 0 Å². The molecule has 0 aromatic rings. The molecule has 1 heterocycles. The monoisotopic (exact) mass is 278 g/mol. The van der Waals surface area contributed by atoms with E-state index in [9.17, 15) is 4.79 Å². The number of nitrogens with one attached hydrogen (secondary N) is 1. The summed E-state index contributed by atoms with van der Waals surface area (Å²) in [5.74, 6) is 1.54. The number of hydrogen-bond donors (Lipinski definition) is 1. The minimum atomic E-state index is 0. The number of thioether (sulfide) groups is 1. The average molecular weight is 279 g/mol. The van der Waals surface area contributed by atoms with Crippen LogP contribution in [0, 0.1) is 0 Å². The summed E-state index contributed by atoms with van der Waals surface area (Å²) in [6, 6.07) is 0. The van der Waals surface area contributed by atoms with Gasteiger partial charge in [0.15, 0.2) is 0 Å². The van der Waals surface area contributed by atoms with E-state index in [4.69, 9.17) is 0 Å². The summed E-state index contributed by atoms with van der Waals surface area (Å²) in [5.41, 5.74) is 0. The molecule has 17 heavy (non-hydrogen) atoms. The first kappa shape index (κ1) is 16.8. The molecule has 0 aromatic heterocycles. The van der Waals surface area contributed by atoms with E-state index in [0.29, 0.717) is 5.75 Å². The van der Waals surface area contributed by atoms with E-state index >= 15 is 0 Å². The van der Waals surface area contributed by atoms with Gasteiger partial charge in [-0.1, -0.05) is 12.5 Å². The van der Waals surface area contributed by atoms with E-state index in [2.05, 4.69) is 16.8 Å². The van der Waals surface area contributed by atoms with Crippen LogP contribution in [0.5, 0.6) is 0 Å². The standard InChI is InChI=1S/C12H22N2OS.ClH/c1-2-10-16-11-12(15)13-6-9-14-7-4-3-5-8-14;/h2H,1,3-11H2,(H,13,15);1H. The fourth-order valence-corrected chi connectivity index (χ4v) is 2.39. The maximum Gasteiger partial charge on any atom is 0.230 e. The molecule has 0 saturated carbocycles. The van der Waals surface area contributed by atoms with Crippen molar-refractivity contribution in [2.24, 2.45) is 0 Å². The summed E-state index contributed by atoms with van der Waals surface area (Å²) in [6.07, 6.45) is 5.80. The van der Waals surface area contributed by atoms with Crippen LogP contribution < -0.4 is 5.32 Å². The number of carbonyl (C=O) groups excluding carboxylic acids is 1. The summed E-state index contributed by atoms with van der Waals surface area (Å²) >= 11 is 1.60. The molecule has 1 N–H and O–H groups in total. The van der Waals surface area contributed by atoms with Gasteiger partial charge in [-0.25, -0.2) is 0 Å². The van der Waals surface area contributed by atoms with Crippen LogP contribution in [0.15, 0.2) is 12.7 Å². The Hall–Kier alpha value is -0.190. The van der Waals surface area contributed by atoms with Gasteiger partial charge in [-0.15, -0.1) is 30.7 Å². The smallest absolute Gasteiger partial charge is 0.230 e. The van der Waals surface area contributed by atoms with Crippen LogP contribution in [-0.4, -0.2) is 48.5 Å². The maximum absolute atomic E-state index is 11.4. The van der Waals surface area contributed by atoms with Crippen LogP contribution in [0.25, 0.3) is 0 Å². The lowest BCUT2D eigenvalue weighted by Crippen LogP contribution is -2.38. The van der Waals surface area contributed by atoms with Crippen molar-refractivity contribution >= 4 is 30.1 Å². The molecule has 1 amide bonds. The largest absolute Gasteiger partial charge is 0.354 e. The third-order valence-corrected chi connectivity index (χ3v) is 3.61. The summed E-state index contributed by atoms with van der Waals surface area (Å²) in [5, 5.41) is 2.95. The quantitative estimate of drug-likeness (QED) is 0.571. The summed E-state index contributed by atoms with van der Waals surface area (Å²) in [4.78, 5) is 13.8. The Morgan fingerprint density at radius 3 is 2.71 bits per heavy atom. The normalized spacial score (nSPS) is 16.0. The SMILES string of the molecule is C=CCSCC(=O)NCCN1CCCCC1.Cl. The molecule has 1 rings (SSSR count). The van der Waals surface area contributed by atoms with Gasteiger partial charge in [0.25, 0.3) is 0 Å². The minimum absolute atomic E-state index is 0. The van der Waals surface area contributed by atoms with E-state index in [1.807, 2.05) is 6.08 Å². The zero-order valence-electron chi connectivity index (χ0n) is 10.3. The average Bonchev–Trinajstić information content (AvgIpc) is 2.31. The molecule has 0 spiro atoms. The number of nitrogens with zero attached hydrogens (tertiary/aromatic N) is 1. The van der Waals surface area contributed by atoms with E-state index in [1.165, 1.54) is 32.4 Å². The van der Waals surface area contributed by atoms with Gasteiger partial charge in [-0.2, -0.15) is 0 Å². The highest BCUT2D eigenvalue weighted by molar-refractivity contribution is 8.00. The van der Waals surface area contributed by atoms with E-state index in [0.717, 1.165) is 18.8 Å². The van der Waals surface area contributed by atoms with Crippen LogP contribution in [-0.2, 0) is 4.79 Å². The van der Waals surface area contributed by atoms with E-state index in [-0.39, 0.29) is 18.3 Å². The number of amides is 1. The van der Waals surface area contributed by atoms with Gasteiger partial charge in [0, 0.05) is 18.8 Å². The number of likely N-dealkylation sites (tertiary alicyclic amines) is 1. The molecule has 100 valence electrons. The molecular formula is C12H23ClN2OS. The molecule has 1 fully saturated rings. The van der Waals surface area contributed by atoms with Crippen molar-refractivity contribution in [1.82, 2.24) is 10.2 Å². The highest BCUT2D eigenvalue weighted by Crippen LogP contribution is 2.07. The third-order valence-electron chi connectivity index (χ3n) is 2.67. The lowest BCUT2D eigenvalue weighted by molar-refractivity contribution is -0.118. The van der Waals surface area contributed by atoms with Crippen LogP contribution >= 0.6 is 24.2 Å².